The number of carbonyl (C=O) groups is 2. The van der Waals surface area contributed by atoms with E-state index in [4.69, 9.17) is 10.8 Å². The molecule has 5 nitrogen and oxygen atoms in total. The summed E-state index contributed by atoms with van der Waals surface area (Å²) in [6.45, 7) is 3.82. The van der Waals surface area contributed by atoms with Gasteiger partial charge in [-0.05, 0) is 24.3 Å². The van der Waals surface area contributed by atoms with Crippen LogP contribution in [-0.4, -0.2) is 41.1 Å². The topological polar surface area (TPSA) is 92.4 Å². The van der Waals surface area contributed by atoms with Crippen LogP contribution in [0.5, 0.6) is 0 Å². The highest BCUT2D eigenvalue weighted by molar-refractivity contribution is 7.98. The highest BCUT2D eigenvalue weighted by Crippen LogP contribution is 2.07. The Labute approximate surface area is 107 Å². The number of carbonyl (C=O) groups excluding carboxylic acids is 1. The monoisotopic (exact) mass is 262 g/mol. The number of amides is 1. The predicted molar refractivity (Wildman–Crippen MR) is 70.0 cm³/mol. The fraction of sp³-hybridized carbons (Fsp3) is 0.818. The lowest BCUT2D eigenvalue weighted by molar-refractivity contribution is -0.142. The van der Waals surface area contributed by atoms with Gasteiger partial charge < -0.3 is 16.2 Å². The fourth-order valence-electron chi connectivity index (χ4n) is 1.27. The van der Waals surface area contributed by atoms with Crippen LogP contribution in [-0.2, 0) is 9.59 Å². The number of carboxylic acid groups (broad SMARTS) is 1. The van der Waals surface area contributed by atoms with Crippen LogP contribution in [0.2, 0.25) is 0 Å². The van der Waals surface area contributed by atoms with Gasteiger partial charge in [-0.2, -0.15) is 11.8 Å². The largest absolute Gasteiger partial charge is 0.480 e. The van der Waals surface area contributed by atoms with E-state index in [0.717, 1.165) is 6.42 Å². The van der Waals surface area contributed by atoms with Gasteiger partial charge in [0.15, 0.2) is 0 Å². The van der Waals surface area contributed by atoms with Crippen molar-refractivity contribution in [3.05, 3.63) is 0 Å². The Morgan fingerprint density at radius 1 is 1.47 bits per heavy atom. The highest BCUT2D eigenvalue weighted by atomic mass is 32.2. The molecule has 0 aromatic carbocycles. The summed E-state index contributed by atoms with van der Waals surface area (Å²) in [5, 5.41) is 11.5. The molecule has 0 aliphatic carbocycles. The molecular formula is C11H22N2O3S. The third-order valence-electron chi connectivity index (χ3n) is 2.78. The Hall–Kier alpha value is -0.750. The van der Waals surface area contributed by atoms with Crippen molar-refractivity contribution in [2.75, 3.05) is 12.0 Å². The van der Waals surface area contributed by atoms with Gasteiger partial charge in [0.25, 0.3) is 0 Å². The highest BCUT2D eigenvalue weighted by Gasteiger charge is 2.25. The molecule has 0 bridgehead atoms. The molecule has 0 spiro atoms. The summed E-state index contributed by atoms with van der Waals surface area (Å²) in [6.07, 6.45) is 3.10. The van der Waals surface area contributed by atoms with Gasteiger partial charge in [0.1, 0.15) is 6.04 Å². The predicted octanol–water partition coefficient (Wildman–Crippen LogP) is 0.682. The molecule has 0 saturated carbocycles. The van der Waals surface area contributed by atoms with Crippen molar-refractivity contribution in [1.82, 2.24) is 5.32 Å². The Kier molecular flexibility index (Phi) is 7.99. The van der Waals surface area contributed by atoms with Crippen molar-refractivity contribution in [2.24, 2.45) is 11.7 Å². The van der Waals surface area contributed by atoms with Crippen LogP contribution in [0.25, 0.3) is 0 Å². The van der Waals surface area contributed by atoms with Gasteiger partial charge in [-0.1, -0.05) is 20.3 Å². The summed E-state index contributed by atoms with van der Waals surface area (Å²) in [5.41, 5.74) is 5.74. The van der Waals surface area contributed by atoms with Crippen LogP contribution in [0.1, 0.15) is 26.7 Å². The van der Waals surface area contributed by atoms with Crippen molar-refractivity contribution >= 4 is 23.6 Å². The number of nitrogens with two attached hydrogens (primary N) is 1. The minimum atomic E-state index is -1.01. The first-order valence-electron chi connectivity index (χ1n) is 5.71. The van der Waals surface area contributed by atoms with E-state index in [1.807, 2.05) is 20.1 Å². The van der Waals surface area contributed by atoms with E-state index in [1.165, 1.54) is 0 Å². The van der Waals surface area contributed by atoms with Gasteiger partial charge in [0.05, 0.1) is 6.04 Å². The molecule has 17 heavy (non-hydrogen) atoms. The lowest BCUT2D eigenvalue weighted by Crippen LogP contribution is -2.50. The first kappa shape index (κ1) is 16.2. The maximum absolute atomic E-state index is 11.7. The first-order valence-corrected chi connectivity index (χ1v) is 7.11. The molecule has 0 aromatic heterocycles. The zero-order valence-electron chi connectivity index (χ0n) is 10.6. The SMILES string of the molecule is CC[C@H](C)[C@H](N)C(=O)NC(CCSC)C(=O)O. The number of rotatable bonds is 8. The average molecular weight is 262 g/mol. The van der Waals surface area contributed by atoms with Crippen LogP contribution in [0.4, 0.5) is 0 Å². The van der Waals surface area contributed by atoms with Gasteiger partial charge in [0.2, 0.25) is 5.91 Å². The lowest BCUT2D eigenvalue weighted by atomic mass is 9.99. The Morgan fingerprint density at radius 3 is 2.47 bits per heavy atom. The molecular weight excluding hydrogens is 240 g/mol. The van der Waals surface area contributed by atoms with Crippen molar-refractivity contribution in [1.29, 1.82) is 0 Å². The summed E-state index contributed by atoms with van der Waals surface area (Å²) in [5.74, 6) is -0.655. The fourth-order valence-corrected chi connectivity index (χ4v) is 1.74. The molecule has 1 amide bonds. The van der Waals surface area contributed by atoms with Gasteiger partial charge in [0, 0.05) is 0 Å². The molecule has 4 N–H and O–H groups in total. The molecule has 6 heteroatoms. The second-order valence-electron chi connectivity index (χ2n) is 4.09. The zero-order chi connectivity index (χ0) is 13.4. The molecule has 3 atom stereocenters. The zero-order valence-corrected chi connectivity index (χ0v) is 11.4. The molecule has 0 aromatic rings. The van der Waals surface area contributed by atoms with Crippen molar-refractivity contribution in [2.45, 2.75) is 38.8 Å². The number of hydrogen-bond acceptors (Lipinski definition) is 4. The van der Waals surface area contributed by atoms with Gasteiger partial charge >= 0.3 is 5.97 Å². The minimum Gasteiger partial charge on any atom is -0.480 e. The van der Waals surface area contributed by atoms with Crippen LogP contribution >= 0.6 is 11.8 Å². The maximum Gasteiger partial charge on any atom is 0.326 e. The van der Waals surface area contributed by atoms with Gasteiger partial charge in [-0.25, -0.2) is 4.79 Å². The molecule has 0 radical (unpaired) electrons. The summed E-state index contributed by atoms with van der Waals surface area (Å²) in [4.78, 5) is 22.7. The molecule has 0 heterocycles. The van der Waals surface area contributed by atoms with E-state index in [9.17, 15) is 9.59 Å². The Bertz CT molecular complexity index is 261. The summed E-state index contributed by atoms with van der Waals surface area (Å²) >= 11 is 1.55. The molecule has 0 aliphatic heterocycles. The normalized spacial score (nSPS) is 16.0. The molecule has 0 rings (SSSR count). The smallest absolute Gasteiger partial charge is 0.326 e. The minimum absolute atomic E-state index is 0.0463. The molecule has 0 fully saturated rings. The van der Waals surface area contributed by atoms with E-state index < -0.39 is 18.1 Å². The second-order valence-corrected chi connectivity index (χ2v) is 5.08. The number of carboxylic acids is 1. The number of hydrogen-bond donors (Lipinski definition) is 3. The lowest BCUT2D eigenvalue weighted by Gasteiger charge is -2.21. The van der Waals surface area contributed by atoms with Crippen molar-refractivity contribution in [3.8, 4) is 0 Å². The van der Waals surface area contributed by atoms with Gasteiger partial charge in [-0.3, -0.25) is 4.79 Å². The second kappa shape index (κ2) is 8.36. The first-order chi connectivity index (χ1) is 7.93. The number of nitrogens with one attached hydrogen (secondary N) is 1. The van der Waals surface area contributed by atoms with Crippen LogP contribution < -0.4 is 11.1 Å². The van der Waals surface area contributed by atoms with Crippen molar-refractivity contribution < 1.29 is 14.7 Å². The molecule has 1 unspecified atom stereocenters. The Balaban J connectivity index is 4.34. The third-order valence-corrected chi connectivity index (χ3v) is 3.43. The maximum atomic E-state index is 11.7. The summed E-state index contributed by atoms with van der Waals surface area (Å²) in [6, 6.07) is -1.49. The molecule has 100 valence electrons. The molecule has 0 saturated heterocycles. The van der Waals surface area contributed by atoms with E-state index in [-0.39, 0.29) is 11.8 Å². The quantitative estimate of drug-likeness (QED) is 0.598. The number of aliphatic carboxylic acids is 1. The summed E-state index contributed by atoms with van der Waals surface area (Å²) in [7, 11) is 0. The van der Waals surface area contributed by atoms with Crippen LogP contribution in [0.15, 0.2) is 0 Å². The Morgan fingerprint density at radius 2 is 2.06 bits per heavy atom. The van der Waals surface area contributed by atoms with E-state index in [0.29, 0.717) is 12.2 Å². The summed E-state index contributed by atoms with van der Waals surface area (Å²) < 4.78 is 0. The average Bonchev–Trinajstić information content (AvgIpc) is 2.31. The third kappa shape index (κ3) is 5.93. The van der Waals surface area contributed by atoms with E-state index >= 15 is 0 Å². The van der Waals surface area contributed by atoms with Crippen LogP contribution in [0.3, 0.4) is 0 Å². The number of thioether (sulfide) groups is 1. The van der Waals surface area contributed by atoms with Gasteiger partial charge in [-0.15, -0.1) is 0 Å². The van der Waals surface area contributed by atoms with E-state index in [2.05, 4.69) is 5.32 Å². The van der Waals surface area contributed by atoms with Crippen molar-refractivity contribution in [3.63, 3.8) is 0 Å². The standard InChI is InChI=1S/C11H22N2O3S/c1-4-7(2)9(12)10(14)13-8(11(15)16)5-6-17-3/h7-9H,4-6,12H2,1-3H3,(H,13,14)(H,15,16)/t7-,8?,9-/m0/s1. The molecule has 0 aliphatic rings. The van der Waals surface area contributed by atoms with Crippen LogP contribution in [0, 0.1) is 5.92 Å². The van der Waals surface area contributed by atoms with E-state index in [1.54, 1.807) is 11.8 Å².